The highest BCUT2D eigenvalue weighted by Gasteiger charge is 2.28. The van der Waals surface area contributed by atoms with E-state index in [4.69, 9.17) is 4.42 Å². The molecule has 0 bridgehead atoms. The molecule has 30 heavy (non-hydrogen) atoms. The molecular weight excluding hydrogens is 394 g/mol. The number of hydrogen-bond acceptors (Lipinski definition) is 5. The zero-order valence-electron chi connectivity index (χ0n) is 18.3. The molecule has 6 heteroatoms. The van der Waals surface area contributed by atoms with Gasteiger partial charge in [0.25, 0.3) is 5.22 Å². The Morgan fingerprint density at radius 3 is 2.20 bits per heavy atom. The summed E-state index contributed by atoms with van der Waals surface area (Å²) in [6.45, 7) is 11.8. The van der Waals surface area contributed by atoms with E-state index in [2.05, 4.69) is 43.1 Å². The van der Waals surface area contributed by atoms with E-state index in [1.807, 2.05) is 61.2 Å². The number of aromatic nitrogens is 2. The largest absolute Gasteiger partial charge is 0.411 e. The fourth-order valence-corrected chi connectivity index (χ4v) is 4.14. The third-order valence-electron chi connectivity index (χ3n) is 5.02. The third-order valence-corrected chi connectivity index (χ3v) is 6.10. The molecule has 0 saturated carbocycles. The smallest absolute Gasteiger partial charge is 0.277 e. The monoisotopic (exact) mass is 423 g/mol. The molecule has 0 aliphatic carbocycles. The van der Waals surface area contributed by atoms with Crippen LogP contribution in [-0.4, -0.2) is 34.1 Å². The number of carbonyl (C=O) groups is 1. The normalized spacial score (nSPS) is 12.6. The highest BCUT2D eigenvalue weighted by Crippen LogP contribution is 2.37. The fourth-order valence-electron chi connectivity index (χ4n) is 3.18. The molecule has 0 aliphatic rings. The molecule has 158 valence electrons. The van der Waals surface area contributed by atoms with Gasteiger partial charge in [-0.2, -0.15) is 0 Å². The summed E-state index contributed by atoms with van der Waals surface area (Å²) >= 11 is 1.30. The van der Waals surface area contributed by atoms with Crippen molar-refractivity contribution >= 4 is 17.7 Å². The van der Waals surface area contributed by atoms with Crippen molar-refractivity contribution < 1.29 is 9.21 Å². The van der Waals surface area contributed by atoms with E-state index in [9.17, 15) is 4.79 Å². The maximum atomic E-state index is 13.1. The molecule has 2 aromatic carbocycles. The van der Waals surface area contributed by atoms with Crippen molar-refractivity contribution in [3.05, 3.63) is 65.7 Å². The second kappa shape index (κ2) is 9.47. The molecule has 0 N–H and O–H groups in total. The van der Waals surface area contributed by atoms with Crippen LogP contribution in [0.4, 0.5) is 0 Å². The highest BCUT2D eigenvalue weighted by atomic mass is 32.2. The first kappa shape index (κ1) is 22.1. The lowest BCUT2D eigenvalue weighted by atomic mass is 9.87. The predicted octanol–water partition coefficient (Wildman–Crippen LogP) is 5.74. The summed E-state index contributed by atoms with van der Waals surface area (Å²) in [5, 5.41) is 8.37. The van der Waals surface area contributed by atoms with Gasteiger partial charge >= 0.3 is 0 Å². The van der Waals surface area contributed by atoms with Crippen molar-refractivity contribution in [3.63, 3.8) is 0 Å². The Kier molecular flexibility index (Phi) is 6.98. The predicted molar refractivity (Wildman–Crippen MR) is 121 cm³/mol. The maximum absolute atomic E-state index is 13.1. The maximum Gasteiger partial charge on any atom is 0.277 e. The first-order valence-corrected chi connectivity index (χ1v) is 11.2. The molecule has 0 radical (unpaired) electrons. The van der Waals surface area contributed by atoms with Crippen molar-refractivity contribution in [1.82, 2.24) is 15.1 Å². The Morgan fingerprint density at radius 1 is 1.00 bits per heavy atom. The molecule has 0 unspecified atom stereocenters. The van der Waals surface area contributed by atoms with Crippen molar-refractivity contribution in [3.8, 4) is 11.5 Å². The van der Waals surface area contributed by atoms with E-state index in [1.165, 1.54) is 17.3 Å². The van der Waals surface area contributed by atoms with Crippen LogP contribution in [0.3, 0.4) is 0 Å². The van der Waals surface area contributed by atoms with Crippen LogP contribution in [0.25, 0.3) is 11.5 Å². The molecule has 3 rings (SSSR count). The molecule has 0 fully saturated rings. The van der Waals surface area contributed by atoms with E-state index in [1.54, 1.807) is 0 Å². The number of rotatable bonds is 7. The Bertz CT molecular complexity index is 958. The molecule has 1 amide bonds. The van der Waals surface area contributed by atoms with Gasteiger partial charge in [0.15, 0.2) is 0 Å². The fraction of sp³-hybridized carbons (Fsp3) is 0.375. The summed E-state index contributed by atoms with van der Waals surface area (Å²) in [6.07, 6.45) is 0. The molecule has 5 nitrogen and oxygen atoms in total. The van der Waals surface area contributed by atoms with Crippen molar-refractivity contribution in [2.75, 3.05) is 13.1 Å². The Balaban J connectivity index is 1.84. The summed E-state index contributed by atoms with van der Waals surface area (Å²) in [5.74, 6) is 0.505. The average Bonchev–Trinajstić information content (AvgIpc) is 3.21. The van der Waals surface area contributed by atoms with Gasteiger partial charge in [0.2, 0.25) is 11.8 Å². The molecular formula is C24H29N3O2S. The van der Waals surface area contributed by atoms with Crippen LogP contribution in [0.2, 0.25) is 0 Å². The molecule has 1 heterocycles. The minimum absolute atomic E-state index is 0.0467. The number of hydrogen-bond donors (Lipinski definition) is 0. The number of amides is 1. The van der Waals surface area contributed by atoms with Crippen LogP contribution in [-0.2, 0) is 10.2 Å². The van der Waals surface area contributed by atoms with Crippen LogP contribution in [0.1, 0.15) is 51.0 Å². The van der Waals surface area contributed by atoms with Crippen LogP contribution in [0.5, 0.6) is 0 Å². The van der Waals surface area contributed by atoms with Gasteiger partial charge in [-0.1, -0.05) is 63.2 Å². The minimum atomic E-state index is -0.428. The topological polar surface area (TPSA) is 59.2 Å². The molecule has 0 spiro atoms. The van der Waals surface area contributed by atoms with E-state index >= 15 is 0 Å². The van der Waals surface area contributed by atoms with Crippen molar-refractivity contribution in [1.29, 1.82) is 0 Å². The lowest BCUT2D eigenvalue weighted by Crippen LogP contribution is -2.33. The summed E-state index contributed by atoms with van der Waals surface area (Å²) in [6, 6.07) is 17.9. The van der Waals surface area contributed by atoms with Gasteiger partial charge in [0.05, 0.1) is 0 Å². The number of carbonyl (C=O) groups excluding carboxylic acids is 1. The highest BCUT2D eigenvalue weighted by molar-refractivity contribution is 8.00. The summed E-state index contributed by atoms with van der Waals surface area (Å²) in [7, 11) is 0. The first-order valence-electron chi connectivity index (χ1n) is 10.3. The number of benzene rings is 2. The number of nitrogens with zero attached hydrogens (tertiary/aromatic N) is 3. The average molecular weight is 424 g/mol. The third kappa shape index (κ3) is 5.11. The Labute approximate surface area is 182 Å². The molecule has 0 saturated heterocycles. The van der Waals surface area contributed by atoms with E-state index in [0.717, 1.165) is 11.1 Å². The summed E-state index contributed by atoms with van der Waals surface area (Å²) in [4.78, 5) is 15.0. The lowest BCUT2D eigenvalue weighted by molar-refractivity contribution is -0.130. The molecule has 3 aromatic rings. The van der Waals surface area contributed by atoms with Crippen LogP contribution >= 0.6 is 11.8 Å². The van der Waals surface area contributed by atoms with Gasteiger partial charge in [-0.25, -0.2) is 0 Å². The second-order valence-electron chi connectivity index (χ2n) is 8.12. The molecule has 0 aliphatic heterocycles. The van der Waals surface area contributed by atoms with Crippen LogP contribution in [0, 0.1) is 0 Å². The van der Waals surface area contributed by atoms with Gasteiger partial charge < -0.3 is 9.32 Å². The lowest BCUT2D eigenvalue weighted by Gasteiger charge is -2.24. The first-order chi connectivity index (χ1) is 14.3. The van der Waals surface area contributed by atoms with Gasteiger partial charge in [0.1, 0.15) is 5.25 Å². The molecule has 1 aromatic heterocycles. The summed E-state index contributed by atoms with van der Waals surface area (Å²) in [5.41, 5.74) is 3.12. The summed E-state index contributed by atoms with van der Waals surface area (Å²) < 4.78 is 5.91. The van der Waals surface area contributed by atoms with Crippen molar-refractivity contribution in [2.45, 2.75) is 50.5 Å². The second-order valence-corrected chi connectivity index (χ2v) is 9.18. The van der Waals surface area contributed by atoms with E-state index in [-0.39, 0.29) is 11.3 Å². The number of thioether (sulfide) groups is 1. The zero-order chi connectivity index (χ0) is 21.7. The minimum Gasteiger partial charge on any atom is -0.411 e. The van der Waals surface area contributed by atoms with E-state index in [0.29, 0.717) is 24.2 Å². The van der Waals surface area contributed by atoms with Gasteiger partial charge in [-0.05, 0) is 54.3 Å². The quantitative estimate of drug-likeness (QED) is 0.454. The van der Waals surface area contributed by atoms with Gasteiger partial charge in [-0.3, -0.25) is 4.79 Å². The van der Waals surface area contributed by atoms with Crippen LogP contribution in [0.15, 0.2) is 64.2 Å². The zero-order valence-corrected chi connectivity index (χ0v) is 19.1. The van der Waals surface area contributed by atoms with Crippen LogP contribution < -0.4 is 0 Å². The SMILES string of the molecule is CCN(CC)C(=O)[C@H](Sc1nnc(-c2ccc(C(C)(C)C)cc2)o1)c1ccccc1. The molecule has 1 atom stereocenters. The number of likely N-dealkylation sites (N-methyl/N-ethyl adjacent to an activating group) is 1. The Morgan fingerprint density at radius 2 is 1.63 bits per heavy atom. The van der Waals surface area contributed by atoms with Gasteiger partial charge in [0, 0.05) is 18.7 Å². The van der Waals surface area contributed by atoms with E-state index < -0.39 is 5.25 Å². The van der Waals surface area contributed by atoms with Crippen molar-refractivity contribution in [2.24, 2.45) is 0 Å². The Hall–Kier alpha value is -2.60. The standard InChI is InChI=1S/C24H29N3O2S/c1-6-27(7-2)22(28)20(17-11-9-8-10-12-17)30-23-26-25-21(29-23)18-13-15-19(16-14-18)24(3,4)5/h8-16,20H,6-7H2,1-5H3/t20-/m1/s1. The van der Waals surface area contributed by atoms with Gasteiger partial charge in [-0.15, -0.1) is 10.2 Å².